The second-order valence-electron chi connectivity index (χ2n) is 4.17. The Hall–Kier alpha value is -1.53. The van der Waals surface area contributed by atoms with E-state index in [1.165, 1.54) is 0 Å². The van der Waals surface area contributed by atoms with Crippen molar-refractivity contribution in [3.63, 3.8) is 0 Å². The van der Waals surface area contributed by atoms with Crippen LogP contribution in [0.15, 0.2) is 24.3 Å². The molecule has 0 bridgehead atoms. The molecule has 104 valence electrons. The number of primary amides is 1. The molecule has 0 saturated carbocycles. The Balaban J connectivity index is 2.50. The van der Waals surface area contributed by atoms with Crippen LogP contribution in [0.4, 0.5) is 0 Å². The van der Waals surface area contributed by atoms with E-state index < -0.39 is 11.9 Å². The molecule has 0 fully saturated rings. The largest absolute Gasteiger partial charge is 0.366 e. The lowest BCUT2D eigenvalue weighted by molar-refractivity contribution is -0.122. The van der Waals surface area contributed by atoms with Gasteiger partial charge in [-0.3, -0.25) is 9.59 Å². The third kappa shape index (κ3) is 5.32. The van der Waals surface area contributed by atoms with Crippen molar-refractivity contribution in [2.24, 2.45) is 11.5 Å². The molecule has 2 amide bonds. The van der Waals surface area contributed by atoms with Gasteiger partial charge in [-0.25, -0.2) is 0 Å². The maximum absolute atomic E-state index is 11.7. The maximum Gasteiger partial charge on any atom is 0.248 e. The minimum absolute atomic E-state index is 0.182. The Labute approximate surface area is 117 Å². The van der Waals surface area contributed by atoms with Crippen LogP contribution in [0, 0.1) is 0 Å². The molecular formula is C13H19N3O2S. The van der Waals surface area contributed by atoms with Crippen molar-refractivity contribution in [2.45, 2.75) is 19.0 Å². The minimum atomic E-state index is -0.494. The Morgan fingerprint density at radius 2 is 2.16 bits per heavy atom. The quantitative estimate of drug-likeness (QED) is 0.677. The molecule has 1 aromatic rings. The zero-order valence-electron chi connectivity index (χ0n) is 10.9. The summed E-state index contributed by atoms with van der Waals surface area (Å²) in [5.41, 5.74) is 12.2. The number of benzene rings is 1. The lowest BCUT2D eigenvalue weighted by Gasteiger charge is -2.11. The molecule has 0 aliphatic rings. The first-order valence-electron chi connectivity index (χ1n) is 5.95. The summed E-state index contributed by atoms with van der Waals surface area (Å²) < 4.78 is 0. The Bertz CT molecular complexity index is 451. The summed E-state index contributed by atoms with van der Waals surface area (Å²) in [5.74, 6) is 0.189. The summed E-state index contributed by atoms with van der Waals surface area (Å²) in [5, 5.41) is 2.75. The number of carbonyl (C=O) groups excluding carboxylic acids is 2. The molecule has 0 heterocycles. The first-order chi connectivity index (χ1) is 9.04. The van der Waals surface area contributed by atoms with E-state index in [9.17, 15) is 9.59 Å². The van der Waals surface area contributed by atoms with Crippen molar-refractivity contribution in [3.8, 4) is 0 Å². The SMILES string of the molecule is CSCC[C@@H](N)C(=O)NCc1cccc(C(N)=O)c1. The van der Waals surface area contributed by atoms with Crippen LogP contribution in [0.5, 0.6) is 0 Å². The van der Waals surface area contributed by atoms with Gasteiger partial charge >= 0.3 is 0 Å². The Morgan fingerprint density at radius 1 is 1.42 bits per heavy atom. The van der Waals surface area contributed by atoms with Crippen molar-refractivity contribution in [3.05, 3.63) is 35.4 Å². The van der Waals surface area contributed by atoms with Crippen LogP contribution in [0.1, 0.15) is 22.3 Å². The van der Waals surface area contributed by atoms with E-state index in [0.717, 1.165) is 11.3 Å². The maximum atomic E-state index is 11.7. The first kappa shape index (κ1) is 15.5. The predicted octanol–water partition coefficient (Wildman–Crippen LogP) is 0.482. The molecule has 19 heavy (non-hydrogen) atoms. The van der Waals surface area contributed by atoms with Crippen LogP contribution in [0.25, 0.3) is 0 Å². The average molecular weight is 281 g/mol. The topological polar surface area (TPSA) is 98.2 Å². The van der Waals surface area contributed by atoms with Crippen molar-refractivity contribution < 1.29 is 9.59 Å². The average Bonchev–Trinajstić information content (AvgIpc) is 2.42. The van der Waals surface area contributed by atoms with Crippen LogP contribution in [0.2, 0.25) is 0 Å². The van der Waals surface area contributed by atoms with Gasteiger partial charge in [0, 0.05) is 12.1 Å². The molecule has 0 aliphatic carbocycles. The van der Waals surface area contributed by atoms with E-state index in [4.69, 9.17) is 11.5 Å². The van der Waals surface area contributed by atoms with Crippen LogP contribution in [-0.4, -0.2) is 29.9 Å². The number of carbonyl (C=O) groups is 2. The van der Waals surface area contributed by atoms with E-state index in [1.807, 2.05) is 12.3 Å². The molecular weight excluding hydrogens is 262 g/mol. The number of hydrogen-bond donors (Lipinski definition) is 3. The Morgan fingerprint density at radius 3 is 2.79 bits per heavy atom. The van der Waals surface area contributed by atoms with Gasteiger partial charge in [0.2, 0.25) is 11.8 Å². The van der Waals surface area contributed by atoms with E-state index >= 15 is 0 Å². The Kier molecular flexibility index (Phi) is 6.38. The predicted molar refractivity (Wildman–Crippen MR) is 77.8 cm³/mol. The van der Waals surface area contributed by atoms with Crippen molar-refractivity contribution >= 4 is 23.6 Å². The lowest BCUT2D eigenvalue weighted by Crippen LogP contribution is -2.40. The van der Waals surface area contributed by atoms with Crippen LogP contribution in [0.3, 0.4) is 0 Å². The molecule has 0 unspecified atom stereocenters. The highest BCUT2D eigenvalue weighted by atomic mass is 32.2. The summed E-state index contributed by atoms with van der Waals surface area (Å²) >= 11 is 1.66. The third-order valence-electron chi connectivity index (χ3n) is 2.65. The molecule has 1 atom stereocenters. The number of nitrogens with one attached hydrogen (secondary N) is 1. The second kappa shape index (κ2) is 7.81. The number of hydrogen-bond acceptors (Lipinski definition) is 4. The van der Waals surface area contributed by atoms with Gasteiger partial charge in [-0.1, -0.05) is 12.1 Å². The molecule has 0 aromatic heterocycles. The number of rotatable bonds is 7. The van der Waals surface area contributed by atoms with Gasteiger partial charge in [-0.15, -0.1) is 0 Å². The minimum Gasteiger partial charge on any atom is -0.366 e. The van der Waals surface area contributed by atoms with Gasteiger partial charge in [-0.2, -0.15) is 11.8 Å². The van der Waals surface area contributed by atoms with Gasteiger partial charge < -0.3 is 16.8 Å². The van der Waals surface area contributed by atoms with Crippen molar-refractivity contribution in [2.75, 3.05) is 12.0 Å². The number of thioether (sulfide) groups is 1. The molecule has 0 saturated heterocycles. The highest BCUT2D eigenvalue weighted by Crippen LogP contribution is 2.05. The van der Waals surface area contributed by atoms with Crippen LogP contribution >= 0.6 is 11.8 Å². The fourth-order valence-corrected chi connectivity index (χ4v) is 2.02. The lowest BCUT2D eigenvalue weighted by atomic mass is 10.1. The van der Waals surface area contributed by atoms with Gasteiger partial charge in [0.15, 0.2) is 0 Å². The molecule has 1 aromatic carbocycles. The smallest absolute Gasteiger partial charge is 0.248 e. The normalized spacial score (nSPS) is 11.9. The van der Waals surface area contributed by atoms with Gasteiger partial charge in [0.1, 0.15) is 0 Å². The van der Waals surface area contributed by atoms with Crippen molar-refractivity contribution in [1.82, 2.24) is 5.32 Å². The van der Waals surface area contributed by atoms with Crippen LogP contribution < -0.4 is 16.8 Å². The van der Waals surface area contributed by atoms with Gasteiger partial charge in [0.05, 0.1) is 6.04 Å². The highest BCUT2D eigenvalue weighted by Gasteiger charge is 2.12. The summed E-state index contributed by atoms with van der Waals surface area (Å²) in [4.78, 5) is 22.7. The molecule has 0 aliphatic heterocycles. The standard InChI is InChI=1S/C13H19N3O2S/c1-19-6-5-11(14)13(18)16-8-9-3-2-4-10(7-9)12(15)17/h2-4,7,11H,5-6,8,14H2,1H3,(H2,15,17)(H,16,18)/t11-/m1/s1. The molecule has 5 nitrogen and oxygen atoms in total. The molecule has 0 spiro atoms. The summed E-state index contributed by atoms with van der Waals surface area (Å²) in [6, 6.07) is 6.36. The zero-order chi connectivity index (χ0) is 14.3. The van der Waals surface area contributed by atoms with E-state index in [2.05, 4.69) is 5.32 Å². The summed E-state index contributed by atoms with van der Waals surface area (Å²) in [6.07, 6.45) is 2.62. The fourth-order valence-electron chi connectivity index (χ4n) is 1.53. The number of nitrogens with two attached hydrogens (primary N) is 2. The first-order valence-corrected chi connectivity index (χ1v) is 7.35. The van der Waals surface area contributed by atoms with Crippen LogP contribution in [-0.2, 0) is 11.3 Å². The van der Waals surface area contributed by atoms with Crippen molar-refractivity contribution in [1.29, 1.82) is 0 Å². The summed E-state index contributed by atoms with van der Waals surface area (Å²) in [6.45, 7) is 0.340. The molecule has 1 rings (SSSR count). The second-order valence-corrected chi connectivity index (χ2v) is 5.16. The third-order valence-corrected chi connectivity index (χ3v) is 3.29. The molecule has 5 N–H and O–H groups in total. The van der Waals surface area contributed by atoms with E-state index in [1.54, 1.807) is 30.0 Å². The molecule has 0 radical (unpaired) electrons. The van der Waals surface area contributed by atoms with E-state index in [-0.39, 0.29) is 5.91 Å². The van der Waals surface area contributed by atoms with Gasteiger partial charge in [-0.05, 0) is 36.1 Å². The molecule has 6 heteroatoms. The number of amides is 2. The monoisotopic (exact) mass is 281 g/mol. The summed E-state index contributed by atoms with van der Waals surface area (Å²) in [7, 11) is 0. The fraction of sp³-hybridized carbons (Fsp3) is 0.385. The zero-order valence-corrected chi connectivity index (χ0v) is 11.7. The van der Waals surface area contributed by atoms with E-state index in [0.29, 0.717) is 18.5 Å². The van der Waals surface area contributed by atoms with Gasteiger partial charge in [0.25, 0.3) is 0 Å². The highest BCUT2D eigenvalue weighted by molar-refractivity contribution is 7.98.